The van der Waals surface area contributed by atoms with Crippen molar-refractivity contribution in [2.24, 2.45) is 0 Å². The number of aromatic nitrogens is 1. The lowest BCUT2D eigenvalue weighted by Crippen LogP contribution is -2.30. The Kier molecular flexibility index (Phi) is 2.66. The van der Waals surface area contributed by atoms with E-state index in [0.29, 0.717) is 0 Å². The molecule has 0 aliphatic carbocycles. The summed E-state index contributed by atoms with van der Waals surface area (Å²) in [6, 6.07) is 17.1. The van der Waals surface area contributed by atoms with Crippen molar-refractivity contribution in [1.82, 2.24) is 4.98 Å². The van der Waals surface area contributed by atoms with Gasteiger partial charge in [0.15, 0.2) is 0 Å². The van der Waals surface area contributed by atoms with Crippen LogP contribution in [0.1, 0.15) is 25.0 Å². The third-order valence-electron chi connectivity index (χ3n) is 4.22. The molecule has 0 radical (unpaired) electrons. The largest absolute Gasteiger partial charge is 0.285 e. The highest BCUT2D eigenvalue weighted by Crippen LogP contribution is 2.51. The second-order valence-electron chi connectivity index (χ2n) is 5.80. The summed E-state index contributed by atoms with van der Waals surface area (Å²) in [5, 5.41) is 3.32. The molecule has 104 valence electrons. The Morgan fingerprint density at radius 1 is 0.952 bits per heavy atom. The second-order valence-corrected chi connectivity index (χ2v) is 6.73. The molecule has 1 aliphatic heterocycles. The van der Waals surface area contributed by atoms with Crippen LogP contribution in [0.2, 0.25) is 0 Å². The SMILES string of the molecule is CC1(C)c2ccccc2N(c2cccs2)c2ncccc21. The number of nitrogens with zero attached hydrogens (tertiary/aromatic N) is 2. The lowest BCUT2D eigenvalue weighted by Gasteiger charge is -2.40. The predicted octanol–water partition coefficient (Wildman–Crippen LogP) is 5.25. The van der Waals surface area contributed by atoms with E-state index in [4.69, 9.17) is 0 Å². The second kappa shape index (κ2) is 4.43. The predicted molar refractivity (Wildman–Crippen MR) is 88.9 cm³/mol. The summed E-state index contributed by atoms with van der Waals surface area (Å²) in [6.07, 6.45) is 1.88. The van der Waals surface area contributed by atoms with Crippen molar-refractivity contribution in [3.8, 4) is 0 Å². The molecule has 0 saturated carbocycles. The van der Waals surface area contributed by atoms with E-state index in [0.717, 1.165) is 5.82 Å². The Hall–Kier alpha value is -2.13. The zero-order chi connectivity index (χ0) is 14.4. The van der Waals surface area contributed by atoms with Crippen LogP contribution in [0, 0.1) is 0 Å². The Balaban J connectivity index is 2.06. The first-order valence-electron chi connectivity index (χ1n) is 7.08. The van der Waals surface area contributed by atoms with Crippen LogP contribution in [0.15, 0.2) is 60.1 Å². The number of hydrogen-bond acceptors (Lipinski definition) is 3. The average Bonchev–Trinajstić information content (AvgIpc) is 3.02. The molecule has 0 amide bonds. The monoisotopic (exact) mass is 292 g/mol. The highest BCUT2D eigenvalue weighted by Gasteiger charge is 2.37. The van der Waals surface area contributed by atoms with Crippen LogP contribution in [0.25, 0.3) is 0 Å². The molecule has 0 fully saturated rings. The Morgan fingerprint density at radius 2 is 1.76 bits per heavy atom. The molecule has 0 unspecified atom stereocenters. The highest BCUT2D eigenvalue weighted by atomic mass is 32.1. The number of thiophene rings is 1. The minimum Gasteiger partial charge on any atom is -0.285 e. The first-order valence-corrected chi connectivity index (χ1v) is 7.96. The van der Waals surface area contributed by atoms with Gasteiger partial charge in [-0.1, -0.05) is 38.1 Å². The molecule has 0 saturated heterocycles. The highest BCUT2D eigenvalue weighted by molar-refractivity contribution is 7.14. The van der Waals surface area contributed by atoms with Gasteiger partial charge in [-0.3, -0.25) is 4.90 Å². The maximum Gasteiger partial charge on any atom is 0.142 e. The van der Waals surface area contributed by atoms with Crippen LogP contribution in [0.5, 0.6) is 0 Å². The zero-order valence-corrected chi connectivity index (χ0v) is 12.9. The molecule has 0 bridgehead atoms. The lowest BCUT2D eigenvalue weighted by atomic mass is 9.75. The first-order chi connectivity index (χ1) is 10.2. The number of para-hydroxylation sites is 1. The fourth-order valence-corrected chi connectivity index (χ4v) is 3.88. The topological polar surface area (TPSA) is 16.1 Å². The van der Waals surface area contributed by atoms with E-state index in [9.17, 15) is 0 Å². The van der Waals surface area contributed by atoms with Crippen molar-refractivity contribution in [2.75, 3.05) is 4.90 Å². The van der Waals surface area contributed by atoms with Crippen molar-refractivity contribution in [1.29, 1.82) is 0 Å². The Bertz CT molecular complexity index is 741. The van der Waals surface area contributed by atoms with Crippen LogP contribution in [-0.2, 0) is 5.41 Å². The molecule has 3 heterocycles. The average molecular weight is 292 g/mol. The molecule has 0 N–H and O–H groups in total. The van der Waals surface area contributed by atoms with Gasteiger partial charge in [0, 0.05) is 17.2 Å². The quantitative estimate of drug-likeness (QED) is 0.609. The fourth-order valence-electron chi connectivity index (χ4n) is 3.14. The van der Waals surface area contributed by atoms with Crippen LogP contribution in [0.4, 0.5) is 16.5 Å². The van der Waals surface area contributed by atoms with E-state index in [1.165, 1.54) is 21.8 Å². The van der Waals surface area contributed by atoms with Gasteiger partial charge >= 0.3 is 0 Å². The van der Waals surface area contributed by atoms with E-state index >= 15 is 0 Å². The van der Waals surface area contributed by atoms with Gasteiger partial charge in [0.2, 0.25) is 0 Å². The van der Waals surface area contributed by atoms with E-state index in [-0.39, 0.29) is 5.41 Å². The lowest BCUT2D eigenvalue weighted by molar-refractivity contribution is 0.628. The maximum atomic E-state index is 4.68. The van der Waals surface area contributed by atoms with Gasteiger partial charge in [-0.25, -0.2) is 4.98 Å². The zero-order valence-electron chi connectivity index (χ0n) is 12.1. The van der Waals surface area contributed by atoms with Gasteiger partial charge in [0.1, 0.15) is 10.8 Å². The molecule has 0 atom stereocenters. The third-order valence-corrected chi connectivity index (χ3v) is 5.07. The molecule has 3 aromatic rings. The number of pyridine rings is 1. The molecule has 3 heteroatoms. The van der Waals surface area contributed by atoms with Crippen molar-refractivity contribution in [2.45, 2.75) is 19.3 Å². The van der Waals surface area contributed by atoms with Gasteiger partial charge < -0.3 is 0 Å². The summed E-state index contributed by atoms with van der Waals surface area (Å²) in [4.78, 5) is 6.96. The molecule has 0 spiro atoms. The first kappa shape index (κ1) is 12.6. The van der Waals surface area contributed by atoms with Gasteiger partial charge in [-0.2, -0.15) is 0 Å². The number of anilines is 3. The molecule has 4 rings (SSSR count). The standard InChI is InChI=1S/C18H16N2S/c1-18(2)13-7-3-4-9-15(13)20(16-10-6-12-21-16)17-14(18)8-5-11-19-17/h3-12H,1-2H3. The molecule has 2 nitrogen and oxygen atoms in total. The number of rotatable bonds is 1. The minimum atomic E-state index is -0.0338. The normalized spacial score (nSPS) is 15.4. The Labute approximate surface area is 128 Å². The summed E-state index contributed by atoms with van der Waals surface area (Å²) < 4.78 is 0. The summed E-state index contributed by atoms with van der Waals surface area (Å²) in [5.41, 5.74) is 3.82. The van der Waals surface area contributed by atoms with E-state index < -0.39 is 0 Å². The minimum absolute atomic E-state index is 0.0338. The van der Waals surface area contributed by atoms with Crippen molar-refractivity contribution >= 4 is 27.8 Å². The molecule has 2 aromatic heterocycles. The summed E-state index contributed by atoms with van der Waals surface area (Å²) >= 11 is 1.74. The summed E-state index contributed by atoms with van der Waals surface area (Å²) in [5.74, 6) is 1.05. The molecule has 21 heavy (non-hydrogen) atoms. The van der Waals surface area contributed by atoms with Crippen LogP contribution < -0.4 is 4.90 Å². The summed E-state index contributed by atoms with van der Waals surface area (Å²) in [7, 11) is 0. The summed E-state index contributed by atoms with van der Waals surface area (Å²) in [6.45, 7) is 4.55. The Morgan fingerprint density at radius 3 is 2.57 bits per heavy atom. The molecule has 1 aliphatic rings. The number of hydrogen-bond donors (Lipinski definition) is 0. The molecular weight excluding hydrogens is 276 g/mol. The smallest absolute Gasteiger partial charge is 0.142 e. The van der Waals surface area contributed by atoms with Crippen molar-refractivity contribution < 1.29 is 0 Å². The van der Waals surface area contributed by atoms with E-state index in [1.807, 2.05) is 12.3 Å². The number of benzene rings is 1. The maximum absolute atomic E-state index is 4.68. The van der Waals surface area contributed by atoms with Crippen molar-refractivity contribution in [3.63, 3.8) is 0 Å². The molecular formula is C18H16N2S. The van der Waals surface area contributed by atoms with Gasteiger partial charge in [-0.15, -0.1) is 11.3 Å². The van der Waals surface area contributed by atoms with Gasteiger partial charge in [-0.05, 0) is 35.2 Å². The van der Waals surface area contributed by atoms with Crippen LogP contribution in [-0.4, -0.2) is 4.98 Å². The fraction of sp³-hybridized carbons (Fsp3) is 0.167. The third kappa shape index (κ3) is 1.74. The van der Waals surface area contributed by atoms with E-state index in [2.05, 4.69) is 71.6 Å². The van der Waals surface area contributed by atoms with Gasteiger partial charge in [0.05, 0.1) is 5.69 Å². The number of fused-ring (bicyclic) bond motifs is 2. The van der Waals surface area contributed by atoms with Gasteiger partial charge in [0.25, 0.3) is 0 Å². The van der Waals surface area contributed by atoms with Crippen molar-refractivity contribution in [3.05, 3.63) is 71.2 Å². The van der Waals surface area contributed by atoms with Crippen LogP contribution >= 0.6 is 11.3 Å². The molecule has 1 aromatic carbocycles. The van der Waals surface area contributed by atoms with E-state index in [1.54, 1.807) is 11.3 Å². The van der Waals surface area contributed by atoms with Crippen LogP contribution in [0.3, 0.4) is 0 Å².